The van der Waals surface area contributed by atoms with Crippen LogP contribution in [0.2, 0.25) is 0 Å². The zero-order valence-corrected chi connectivity index (χ0v) is 11.3. The number of carbonyl (C=O) groups is 1. The van der Waals surface area contributed by atoms with Gasteiger partial charge in [0, 0.05) is 26.7 Å². The van der Waals surface area contributed by atoms with E-state index < -0.39 is 0 Å². The molecule has 0 saturated heterocycles. The second-order valence-electron chi connectivity index (χ2n) is 3.93. The van der Waals surface area contributed by atoms with Crippen LogP contribution in [0.3, 0.4) is 0 Å². The van der Waals surface area contributed by atoms with E-state index in [1.54, 1.807) is 25.3 Å². The highest BCUT2D eigenvalue weighted by Gasteiger charge is 2.20. The molecule has 1 aromatic carbocycles. The molecule has 0 bridgehead atoms. The van der Waals surface area contributed by atoms with E-state index in [4.69, 9.17) is 15.2 Å². The number of aromatic hydroxyl groups is 1. The van der Waals surface area contributed by atoms with Crippen LogP contribution in [0.1, 0.15) is 10.4 Å². The maximum atomic E-state index is 12.3. The lowest BCUT2D eigenvalue weighted by molar-refractivity contribution is 0.0698. The van der Waals surface area contributed by atoms with Crippen molar-refractivity contribution in [2.24, 2.45) is 5.73 Å². The zero-order chi connectivity index (χ0) is 14.3. The van der Waals surface area contributed by atoms with Crippen LogP contribution in [-0.2, 0) is 4.74 Å². The van der Waals surface area contributed by atoms with E-state index in [1.165, 1.54) is 12.0 Å². The number of nitrogens with zero attached hydrogens (tertiary/aromatic N) is 1. The van der Waals surface area contributed by atoms with Crippen molar-refractivity contribution < 1.29 is 19.4 Å². The minimum atomic E-state index is -0.293. The third-order valence-electron chi connectivity index (χ3n) is 2.70. The molecule has 0 aliphatic rings. The van der Waals surface area contributed by atoms with Crippen molar-refractivity contribution in [1.82, 2.24) is 4.90 Å². The third-order valence-corrected chi connectivity index (χ3v) is 2.70. The van der Waals surface area contributed by atoms with Gasteiger partial charge in [-0.25, -0.2) is 0 Å². The Morgan fingerprint density at radius 1 is 1.37 bits per heavy atom. The Hall–Kier alpha value is -1.79. The Morgan fingerprint density at radius 3 is 2.68 bits per heavy atom. The Morgan fingerprint density at radius 2 is 2.11 bits per heavy atom. The molecule has 0 aromatic heterocycles. The Labute approximate surface area is 112 Å². The quantitative estimate of drug-likeness (QED) is 0.750. The highest BCUT2D eigenvalue weighted by atomic mass is 16.5. The van der Waals surface area contributed by atoms with Crippen LogP contribution < -0.4 is 10.5 Å². The fourth-order valence-electron chi connectivity index (χ4n) is 1.70. The number of hydrogen-bond donors (Lipinski definition) is 2. The number of amides is 1. The molecular formula is C13H20N2O4. The second-order valence-corrected chi connectivity index (χ2v) is 3.93. The summed E-state index contributed by atoms with van der Waals surface area (Å²) < 4.78 is 9.94. The predicted octanol–water partition coefficient (Wildman–Crippen LogP) is 0.448. The smallest absolute Gasteiger partial charge is 0.257 e. The maximum absolute atomic E-state index is 12.3. The molecule has 1 rings (SSSR count). The molecule has 6 nitrogen and oxygen atoms in total. The summed E-state index contributed by atoms with van der Waals surface area (Å²) in [5, 5.41) is 9.97. The number of carbonyl (C=O) groups excluding carboxylic acids is 1. The van der Waals surface area contributed by atoms with Crippen molar-refractivity contribution in [2.75, 3.05) is 40.5 Å². The standard InChI is InChI=1S/C13H20N2O4/c1-18-9-8-15(7-6-14)13(17)10-4-3-5-11(19-2)12(10)16/h3-5,16H,6-9,14H2,1-2H3. The first-order chi connectivity index (χ1) is 9.15. The van der Waals surface area contributed by atoms with Crippen LogP contribution in [0.15, 0.2) is 18.2 Å². The molecule has 1 amide bonds. The summed E-state index contributed by atoms with van der Waals surface area (Å²) in [6, 6.07) is 4.80. The molecule has 0 aliphatic carbocycles. The minimum Gasteiger partial charge on any atom is -0.504 e. The highest BCUT2D eigenvalue weighted by Crippen LogP contribution is 2.30. The van der Waals surface area contributed by atoms with E-state index in [-0.39, 0.29) is 23.0 Å². The van der Waals surface area contributed by atoms with Gasteiger partial charge in [-0.1, -0.05) is 6.07 Å². The second kappa shape index (κ2) is 7.60. The van der Waals surface area contributed by atoms with Gasteiger partial charge in [0.25, 0.3) is 5.91 Å². The lowest BCUT2D eigenvalue weighted by Gasteiger charge is -2.22. The van der Waals surface area contributed by atoms with Gasteiger partial charge in [0.1, 0.15) is 0 Å². The molecule has 0 spiro atoms. The maximum Gasteiger partial charge on any atom is 0.257 e. The number of hydrogen-bond acceptors (Lipinski definition) is 5. The summed E-state index contributed by atoms with van der Waals surface area (Å²) in [5.74, 6) is -0.182. The first-order valence-electron chi connectivity index (χ1n) is 6.00. The molecule has 6 heteroatoms. The molecule has 0 unspecified atom stereocenters. The first kappa shape index (κ1) is 15.3. The lowest BCUT2D eigenvalue weighted by atomic mass is 10.1. The van der Waals surface area contributed by atoms with Crippen molar-refractivity contribution in [3.05, 3.63) is 23.8 Å². The van der Waals surface area contributed by atoms with Crippen LogP contribution >= 0.6 is 0 Å². The monoisotopic (exact) mass is 268 g/mol. The van der Waals surface area contributed by atoms with Gasteiger partial charge in [0.05, 0.1) is 19.3 Å². The van der Waals surface area contributed by atoms with E-state index in [0.29, 0.717) is 26.2 Å². The molecule has 0 aliphatic heterocycles. The van der Waals surface area contributed by atoms with E-state index in [9.17, 15) is 9.90 Å². The minimum absolute atomic E-state index is 0.158. The fraction of sp³-hybridized carbons (Fsp3) is 0.462. The topological polar surface area (TPSA) is 85.0 Å². The molecule has 0 radical (unpaired) electrons. The molecule has 0 heterocycles. The largest absolute Gasteiger partial charge is 0.504 e. The Balaban J connectivity index is 2.95. The van der Waals surface area contributed by atoms with Gasteiger partial charge in [0.15, 0.2) is 11.5 Å². The van der Waals surface area contributed by atoms with Gasteiger partial charge < -0.3 is 25.2 Å². The van der Waals surface area contributed by atoms with E-state index in [0.717, 1.165) is 0 Å². The third kappa shape index (κ3) is 3.84. The number of phenols is 1. The molecule has 19 heavy (non-hydrogen) atoms. The highest BCUT2D eigenvalue weighted by molar-refractivity contribution is 5.97. The summed E-state index contributed by atoms with van der Waals surface area (Å²) in [7, 11) is 3.00. The number of benzene rings is 1. The molecule has 1 aromatic rings. The molecule has 0 fully saturated rings. The van der Waals surface area contributed by atoms with E-state index in [1.807, 2.05) is 0 Å². The number of phenolic OH excluding ortho intramolecular Hbond substituents is 1. The van der Waals surface area contributed by atoms with Crippen LogP contribution in [-0.4, -0.2) is 56.4 Å². The number of para-hydroxylation sites is 1. The van der Waals surface area contributed by atoms with Crippen LogP contribution in [0.5, 0.6) is 11.5 Å². The van der Waals surface area contributed by atoms with Gasteiger partial charge >= 0.3 is 0 Å². The van der Waals surface area contributed by atoms with Crippen LogP contribution in [0.25, 0.3) is 0 Å². The molecular weight excluding hydrogens is 248 g/mol. The lowest BCUT2D eigenvalue weighted by Crippen LogP contribution is -2.37. The zero-order valence-electron chi connectivity index (χ0n) is 11.3. The van der Waals surface area contributed by atoms with E-state index in [2.05, 4.69) is 0 Å². The number of methoxy groups -OCH3 is 2. The first-order valence-corrected chi connectivity index (χ1v) is 6.00. The predicted molar refractivity (Wildman–Crippen MR) is 71.5 cm³/mol. The van der Waals surface area contributed by atoms with E-state index >= 15 is 0 Å². The van der Waals surface area contributed by atoms with Gasteiger partial charge in [-0.2, -0.15) is 0 Å². The fourth-order valence-corrected chi connectivity index (χ4v) is 1.70. The number of nitrogens with two attached hydrogens (primary N) is 1. The molecule has 0 saturated carbocycles. The number of ether oxygens (including phenoxy) is 2. The summed E-state index contributed by atoms with van der Waals surface area (Å²) >= 11 is 0. The van der Waals surface area contributed by atoms with Gasteiger partial charge in [0.2, 0.25) is 0 Å². The van der Waals surface area contributed by atoms with Crippen molar-refractivity contribution in [2.45, 2.75) is 0 Å². The van der Waals surface area contributed by atoms with Gasteiger partial charge in [-0.05, 0) is 12.1 Å². The molecule has 0 atom stereocenters. The normalized spacial score (nSPS) is 10.3. The summed E-state index contributed by atoms with van der Waals surface area (Å²) in [6.45, 7) is 1.58. The molecule has 106 valence electrons. The Bertz CT molecular complexity index is 423. The summed E-state index contributed by atoms with van der Waals surface area (Å²) in [6.07, 6.45) is 0. The summed E-state index contributed by atoms with van der Waals surface area (Å²) in [4.78, 5) is 13.9. The van der Waals surface area contributed by atoms with Gasteiger partial charge in [-0.15, -0.1) is 0 Å². The number of rotatable bonds is 7. The van der Waals surface area contributed by atoms with Crippen LogP contribution in [0.4, 0.5) is 0 Å². The average Bonchev–Trinajstić information content (AvgIpc) is 2.43. The van der Waals surface area contributed by atoms with Crippen molar-refractivity contribution in [3.8, 4) is 11.5 Å². The SMILES string of the molecule is COCCN(CCN)C(=O)c1cccc(OC)c1O. The van der Waals surface area contributed by atoms with Crippen molar-refractivity contribution >= 4 is 5.91 Å². The van der Waals surface area contributed by atoms with Crippen molar-refractivity contribution in [3.63, 3.8) is 0 Å². The average molecular weight is 268 g/mol. The van der Waals surface area contributed by atoms with Gasteiger partial charge in [-0.3, -0.25) is 4.79 Å². The molecule has 3 N–H and O–H groups in total. The Kier molecular flexibility index (Phi) is 6.11. The van der Waals surface area contributed by atoms with Crippen LogP contribution in [0, 0.1) is 0 Å². The van der Waals surface area contributed by atoms with Crippen molar-refractivity contribution in [1.29, 1.82) is 0 Å². The summed E-state index contributed by atoms with van der Waals surface area (Å²) in [5.41, 5.74) is 5.69.